The molecule has 3 rings (SSSR count). The number of unbranched alkanes of at least 4 members (excludes halogenated alkanes) is 2. The molecule has 0 saturated heterocycles. The normalized spacial score (nSPS) is 11.8. The zero-order valence-electron chi connectivity index (χ0n) is 11.6. The van der Waals surface area contributed by atoms with Crippen molar-refractivity contribution in [1.82, 2.24) is 0 Å². The highest BCUT2D eigenvalue weighted by Crippen LogP contribution is 2.36. The molecule has 1 nitrogen and oxygen atoms in total. The standard InChI is InChI=1S/C18H18OS/c1-2-3-4-5-6-13-7-9-15-16-10-8-14(19)12-18(16)20-17(15)11-13/h5-12,19H,2-4H2,1H3. The third kappa shape index (κ3) is 2.56. The fourth-order valence-corrected chi connectivity index (χ4v) is 3.61. The summed E-state index contributed by atoms with van der Waals surface area (Å²) >= 11 is 1.74. The smallest absolute Gasteiger partial charge is 0.117 e. The van der Waals surface area contributed by atoms with Crippen molar-refractivity contribution in [2.75, 3.05) is 0 Å². The third-order valence-corrected chi connectivity index (χ3v) is 4.63. The molecule has 102 valence electrons. The van der Waals surface area contributed by atoms with Crippen molar-refractivity contribution in [2.24, 2.45) is 0 Å². The number of rotatable bonds is 4. The van der Waals surface area contributed by atoms with Gasteiger partial charge >= 0.3 is 0 Å². The second kappa shape index (κ2) is 5.68. The number of aromatic hydroxyl groups is 1. The molecule has 0 saturated carbocycles. The Hall–Kier alpha value is -1.80. The van der Waals surface area contributed by atoms with Gasteiger partial charge in [0.25, 0.3) is 0 Å². The predicted molar refractivity (Wildman–Crippen MR) is 89.6 cm³/mol. The van der Waals surface area contributed by atoms with Crippen LogP contribution in [0.25, 0.3) is 26.2 Å². The number of phenolic OH excluding ortho intramolecular Hbond substituents is 1. The molecule has 0 aliphatic carbocycles. The van der Waals surface area contributed by atoms with E-state index in [2.05, 4.69) is 37.3 Å². The van der Waals surface area contributed by atoms with Gasteiger partial charge < -0.3 is 5.11 Å². The van der Waals surface area contributed by atoms with Gasteiger partial charge in [0, 0.05) is 20.2 Å². The zero-order valence-corrected chi connectivity index (χ0v) is 12.4. The van der Waals surface area contributed by atoms with Crippen LogP contribution in [0.5, 0.6) is 5.75 Å². The maximum atomic E-state index is 9.57. The van der Waals surface area contributed by atoms with Crippen LogP contribution < -0.4 is 0 Å². The summed E-state index contributed by atoms with van der Waals surface area (Å²) in [7, 11) is 0. The second-order valence-electron chi connectivity index (χ2n) is 5.08. The highest BCUT2D eigenvalue weighted by Gasteiger charge is 2.05. The first-order valence-electron chi connectivity index (χ1n) is 7.10. The second-order valence-corrected chi connectivity index (χ2v) is 6.17. The molecule has 2 aromatic carbocycles. The van der Waals surface area contributed by atoms with Crippen LogP contribution >= 0.6 is 11.3 Å². The summed E-state index contributed by atoms with van der Waals surface area (Å²) in [5.41, 5.74) is 1.25. The monoisotopic (exact) mass is 282 g/mol. The van der Waals surface area contributed by atoms with Crippen LogP contribution in [0.2, 0.25) is 0 Å². The van der Waals surface area contributed by atoms with E-state index in [0.29, 0.717) is 5.75 Å². The number of fused-ring (bicyclic) bond motifs is 3. The third-order valence-electron chi connectivity index (χ3n) is 3.52. The van der Waals surface area contributed by atoms with Crippen molar-refractivity contribution in [2.45, 2.75) is 26.2 Å². The Balaban J connectivity index is 1.99. The molecule has 0 aliphatic heterocycles. The lowest BCUT2D eigenvalue weighted by Crippen LogP contribution is -1.72. The van der Waals surface area contributed by atoms with Gasteiger partial charge in [0.15, 0.2) is 0 Å². The van der Waals surface area contributed by atoms with Crippen LogP contribution in [-0.2, 0) is 0 Å². The van der Waals surface area contributed by atoms with E-state index in [1.807, 2.05) is 12.1 Å². The summed E-state index contributed by atoms with van der Waals surface area (Å²) in [5.74, 6) is 0.337. The Kier molecular flexibility index (Phi) is 3.75. The van der Waals surface area contributed by atoms with Gasteiger partial charge in [-0.1, -0.05) is 44.1 Å². The minimum absolute atomic E-state index is 0.337. The number of benzene rings is 2. The van der Waals surface area contributed by atoms with Crippen LogP contribution in [0.1, 0.15) is 31.7 Å². The molecule has 0 unspecified atom stereocenters. The lowest BCUT2D eigenvalue weighted by atomic mass is 10.1. The Morgan fingerprint density at radius 1 is 1.05 bits per heavy atom. The molecular formula is C18H18OS. The molecule has 0 aliphatic rings. The number of hydrogen-bond donors (Lipinski definition) is 1. The molecule has 0 atom stereocenters. The maximum Gasteiger partial charge on any atom is 0.117 e. The molecule has 0 fully saturated rings. The zero-order chi connectivity index (χ0) is 13.9. The highest BCUT2D eigenvalue weighted by atomic mass is 32.1. The van der Waals surface area contributed by atoms with E-state index >= 15 is 0 Å². The number of hydrogen-bond acceptors (Lipinski definition) is 2. The van der Waals surface area contributed by atoms with Gasteiger partial charge in [0.2, 0.25) is 0 Å². The molecule has 2 heteroatoms. The minimum Gasteiger partial charge on any atom is -0.508 e. The highest BCUT2D eigenvalue weighted by molar-refractivity contribution is 7.25. The molecule has 0 spiro atoms. The first kappa shape index (κ1) is 13.2. The van der Waals surface area contributed by atoms with Gasteiger partial charge in [-0.05, 0) is 36.2 Å². The molecule has 3 aromatic rings. The van der Waals surface area contributed by atoms with E-state index in [1.165, 1.54) is 33.9 Å². The summed E-state index contributed by atoms with van der Waals surface area (Å²) in [6.45, 7) is 2.21. The van der Waals surface area contributed by atoms with Gasteiger partial charge in [-0.2, -0.15) is 0 Å². The Morgan fingerprint density at radius 3 is 2.60 bits per heavy atom. The van der Waals surface area contributed by atoms with Crippen molar-refractivity contribution >= 4 is 37.6 Å². The van der Waals surface area contributed by atoms with Crippen LogP contribution in [-0.4, -0.2) is 5.11 Å². The first-order chi connectivity index (χ1) is 9.78. The Bertz CT molecular complexity index is 768. The molecular weight excluding hydrogens is 264 g/mol. The van der Waals surface area contributed by atoms with Gasteiger partial charge in [0.05, 0.1) is 0 Å². The lowest BCUT2D eigenvalue weighted by Gasteiger charge is -1.96. The van der Waals surface area contributed by atoms with Gasteiger partial charge in [-0.3, -0.25) is 0 Å². The van der Waals surface area contributed by atoms with Crippen molar-refractivity contribution in [3.05, 3.63) is 48.0 Å². The van der Waals surface area contributed by atoms with Crippen molar-refractivity contribution in [1.29, 1.82) is 0 Å². The number of allylic oxidation sites excluding steroid dienone is 1. The van der Waals surface area contributed by atoms with Crippen LogP contribution in [0, 0.1) is 0 Å². The first-order valence-corrected chi connectivity index (χ1v) is 7.91. The minimum atomic E-state index is 0.337. The van der Waals surface area contributed by atoms with Crippen LogP contribution in [0.3, 0.4) is 0 Å². The fraction of sp³-hybridized carbons (Fsp3) is 0.222. The van der Waals surface area contributed by atoms with E-state index < -0.39 is 0 Å². The van der Waals surface area contributed by atoms with Crippen molar-refractivity contribution in [3.8, 4) is 5.75 Å². The lowest BCUT2D eigenvalue weighted by molar-refractivity contribution is 0.476. The van der Waals surface area contributed by atoms with Gasteiger partial charge in [0.1, 0.15) is 5.75 Å². The molecule has 20 heavy (non-hydrogen) atoms. The van der Waals surface area contributed by atoms with Gasteiger partial charge in [-0.15, -0.1) is 11.3 Å². The summed E-state index contributed by atoms with van der Waals surface area (Å²) < 4.78 is 2.43. The largest absolute Gasteiger partial charge is 0.508 e. The van der Waals surface area contributed by atoms with E-state index in [9.17, 15) is 5.11 Å². The Labute approximate surface area is 123 Å². The van der Waals surface area contributed by atoms with E-state index in [4.69, 9.17) is 0 Å². The Morgan fingerprint density at radius 2 is 1.80 bits per heavy atom. The van der Waals surface area contributed by atoms with E-state index in [0.717, 1.165) is 11.1 Å². The predicted octanol–water partition coefficient (Wildman–Crippen LogP) is 5.96. The van der Waals surface area contributed by atoms with E-state index in [1.54, 1.807) is 17.4 Å². The molecule has 0 bridgehead atoms. The van der Waals surface area contributed by atoms with E-state index in [-0.39, 0.29) is 0 Å². The number of phenols is 1. The average molecular weight is 282 g/mol. The number of thiophene rings is 1. The molecule has 0 amide bonds. The summed E-state index contributed by atoms with van der Waals surface area (Å²) in [5, 5.41) is 12.1. The van der Waals surface area contributed by atoms with Crippen molar-refractivity contribution in [3.63, 3.8) is 0 Å². The summed E-state index contributed by atoms with van der Waals surface area (Å²) in [4.78, 5) is 0. The van der Waals surface area contributed by atoms with Crippen molar-refractivity contribution < 1.29 is 5.11 Å². The molecule has 1 aromatic heterocycles. The fourth-order valence-electron chi connectivity index (χ4n) is 2.43. The maximum absolute atomic E-state index is 9.57. The molecule has 1 N–H and O–H groups in total. The van der Waals surface area contributed by atoms with Gasteiger partial charge in [-0.25, -0.2) is 0 Å². The topological polar surface area (TPSA) is 20.2 Å². The SMILES string of the molecule is CCCCC=Cc1ccc2c(c1)sc1cc(O)ccc12. The molecule has 1 heterocycles. The van der Waals surface area contributed by atoms with Crippen LogP contribution in [0.4, 0.5) is 0 Å². The summed E-state index contributed by atoms with van der Waals surface area (Å²) in [6.07, 6.45) is 8.10. The summed E-state index contributed by atoms with van der Waals surface area (Å²) in [6, 6.07) is 12.2. The average Bonchev–Trinajstić information content (AvgIpc) is 2.80. The molecule has 0 radical (unpaired) electrons. The quantitative estimate of drug-likeness (QED) is 0.585. The van der Waals surface area contributed by atoms with Crippen LogP contribution in [0.15, 0.2) is 42.5 Å².